The number of alkyl halides is 3. The van der Waals surface area contributed by atoms with Gasteiger partial charge in [-0.3, -0.25) is 0 Å². The number of ether oxygens (including phenoxy) is 1. The molecule has 2 unspecified atom stereocenters. The van der Waals surface area contributed by atoms with Crippen LogP contribution in [0.5, 0.6) is 5.75 Å². The molecule has 1 aliphatic rings. The van der Waals surface area contributed by atoms with Gasteiger partial charge in [-0.15, -0.1) is 0 Å². The molecule has 1 heterocycles. The summed E-state index contributed by atoms with van der Waals surface area (Å²) in [6, 6.07) is 2.88. The van der Waals surface area contributed by atoms with Crippen molar-refractivity contribution < 1.29 is 22.1 Å². The van der Waals surface area contributed by atoms with E-state index in [0.29, 0.717) is 12.0 Å². The highest BCUT2D eigenvalue weighted by Crippen LogP contribution is 2.37. The van der Waals surface area contributed by atoms with Crippen LogP contribution in [-0.4, -0.2) is 10.8 Å². The van der Waals surface area contributed by atoms with Crippen LogP contribution in [0, 0.1) is 0 Å². The van der Waals surface area contributed by atoms with Gasteiger partial charge in [-0.25, -0.2) is 14.1 Å². The Morgan fingerprint density at radius 3 is 2.78 bits per heavy atom. The lowest BCUT2D eigenvalue weighted by Gasteiger charge is -2.26. The molecule has 0 fully saturated rings. The summed E-state index contributed by atoms with van der Waals surface area (Å²) in [6.45, 7) is 0.253. The molecular formula is C10H11F3N2O2S. The molecular weight excluding hydrogens is 269 g/mol. The second-order valence-corrected chi connectivity index (χ2v) is 4.69. The van der Waals surface area contributed by atoms with Crippen LogP contribution in [0.15, 0.2) is 18.2 Å². The van der Waals surface area contributed by atoms with E-state index in [9.17, 15) is 17.4 Å². The average Bonchev–Trinajstić information content (AvgIpc) is 2.27. The molecule has 100 valence electrons. The molecule has 0 radical (unpaired) electrons. The fourth-order valence-corrected chi connectivity index (χ4v) is 2.35. The van der Waals surface area contributed by atoms with Gasteiger partial charge in [0.2, 0.25) is 0 Å². The van der Waals surface area contributed by atoms with Crippen LogP contribution in [-0.2, 0) is 17.3 Å². The fourth-order valence-electron chi connectivity index (χ4n) is 1.83. The Morgan fingerprint density at radius 1 is 1.44 bits per heavy atom. The molecule has 8 heteroatoms. The normalized spacial score (nSPS) is 21.0. The molecule has 0 spiro atoms. The molecule has 1 aromatic rings. The fraction of sp³-hybridized carbons (Fsp3) is 0.400. The van der Waals surface area contributed by atoms with Gasteiger partial charge in [-0.1, -0.05) is 6.07 Å². The molecule has 0 aromatic heterocycles. The van der Waals surface area contributed by atoms with Crippen LogP contribution in [0.1, 0.15) is 23.6 Å². The zero-order valence-electron chi connectivity index (χ0n) is 9.16. The Labute approximate surface area is 104 Å². The Hall–Kier alpha value is -1.12. The van der Waals surface area contributed by atoms with Crippen molar-refractivity contribution in [1.82, 2.24) is 4.72 Å². The van der Waals surface area contributed by atoms with Crippen molar-refractivity contribution in [3.8, 4) is 5.75 Å². The van der Waals surface area contributed by atoms with E-state index in [1.807, 2.05) is 0 Å². The Morgan fingerprint density at radius 2 is 2.17 bits per heavy atom. The van der Waals surface area contributed by atoms with Crippen LogP contribution >= 0.6 is 0 Å². The molecule has 1 aliphatic heterocycles. The van der Waals surface area contributed by atoms with Crippen molar-refractivity contribution in [1.29, 1.82) is 0 Å². The van der Waals surface area contributed by atoms with E-state index < -0.39 is 22.9 Å². The number of nitrogens with two attached hydrogens (primary N) is 1. The molecule has 0 bridgehead atoms. The second kappa shape index (κ2) is 4.87. The van der Waals surface area contributed by atoms with Gasteiger partial charge in [0.05, 0.1) is 18.2 Å². The number of nitrogens with one attached hydrogen (secondary N) is 1. The minimum Gasteiger partial charge on any atom is -0.493 e. The first-order valence-corrected chi connectivity index (χ1v) is 6.35. The van der Waals surface area contributed by atoms with Crippen LogP contribution in [0.4, 0.5) is 13.2 Å². The molecule has 0 saturated carbocycles. The number of benzene rings is 1. The second-order valence-electron chi connectivity index (χ2n) is 3.86. The maximum absolute atomic E-state index is 12.5. The van der Waals surface area contributed by atoms with Crippen LogP contribution in [0.25, 0.3) is 0 Å². The number of hydrogen-bond acceptors (Lipinski definition) is 2. The minimum atomic E-state index is -4.41. The van der Waals surface area contributed by atoms with Crippen molar-refractivity contribution in [3.63, 3.8) is 0 Å². The zero-order chi connectivity index (χ0) is 13.3. The van der Waals surface area contributed by atoms with Gasteiger partial charge in [-0.2, -0.15) is 13.2 Å². The molecule has 2 atom stereocenters. The van der Waals surface area contributed by atoms with Gasteiger partial charge < -0.3 is 4.74 Å². The van der Waals surface area contributed by atoms with E-state index >= 15 is 0 Å². The summed E-state index contributed by atoms with van der Waals surface area (Å²) in [7, 11) is 0. The van der Waals surface area contributed by atoms with E-state index in [-0.39, 0.29) is 18.4 Å². The minimum absolute atomic E-state index is 0.152. The lowest BCUT2D eigenvalue weighted by molar-refractivity contribution is -0.137. The summed E-state index contributed by atoms with van der Waals surface area (Å²) < 4.78 is 56.3. The van der Waals surface area contributed by atoms with Gasteiger partial charge in [-0.05, 0) is 12.1 Å². The number of halogens is 3. The van der Waals surface area contributed by atoms with E-state index in [2.05, 4.69) is 4.72 Å². The van der Waals surface area contributed by atoms with Gasteiger partial charge in [0.25, 0.3) is 0 Å². The van der Waals surface area contributed by atoms with E-state index in [4.69, 9.17) is 9.88 Å². The SMILES string of the molecule is NS(=O)NC1CCOc2cc(C(F)(F)F)ccc21. The topological polar surface area (TPSA) is 64.4 Å². The third-order valence-corrected chi connectivity index (χ3v) is 3.16. The summed E-state index contributed by atoms with van der Waals surface area (Å²) in [6.07, 6.45) is -3.91. The molecule has 4 nitrogen and oxygen atoms in total. The molecule has 3 N–H and O–H groups in total. The van der Waals surface area contributed by atoms with Crippen molar-refractivity contribution in [2.75, 3.05) is 6.61 Å². The maximum Gasteiger partial charge on any atom is 0.416 e. The van der Waals surface area contributed by atoms with Gasteiger partial charge in [0, 0.05) is 12.0 Å². The largest absolute Gasteiger partial charge is 0.493 e. The summed E-state index contributed by atoms with van der Waals surface area (Å²) in [5.74, 6) is 0.152. The summed E-state index contributed by atoms with van der Waals surface area (Å²) >= 11 is -1.72. The van der Waals surface area contributed by atoms with Crippen molar-refractivity contribution in [3.05, 3.63) is 29.3 Å². The Bertz CT molecular complexity index is 479. The molecule has 0 saturated heterocycles. The molecule has 18 heavy (non-hydrogen) atoms. The highest BCUT2D eigenvalue weighted by molar-refractivity contribution is 7.80. The third-order valence-electron chi connectivity index (χ3n) is 2.64. The van der Waals surface area contributed by atoms with Crippen molar-refractivity contribution >= 4 is 11.2 Å². The highest BCUT2D eigenvalue weighted by atomic mass is 32.2. The van der Waals surface area contributed by atoms with Crippen LogP contribution < -0.4 is 14.6 Å². The first kappa shape index (κ1) is 13.3. The predicted molar refractivity (Wildman–Crippen MR) is 59.8 cm³/mol. The summed E-state index contributed by atoms with van der Waals surface area (Å²) in [4.78, 5) is 0. The number of fused-ring (bicyclic) bond motifs is 1. The Balaban J connectivity index is 2.33. The van der Waals surface area contributed by atoms with Gasteiger partial charge >= 0.3 is 6.18 Å². The van der Waals surface area contributed by atoms with E-state index in [0.717, 1.165) is 12.1 Å². The molecule has 2 rings (SSSR count). The third kappa shape index (κ3) is 2.82. The first-order valence-electron chi connectivity index (χ1n) is 5.14. The predicted octanol–water partition coefficient (Wildman–Crippen LogP) is 1.66. The number of rotatable bonds is 2. The standard InChI is InChI=1S/C10H11F3N2O2S/c11-10(12,13)6-1-2-7-8(15-18(14)16)3-4-17-9(7)5-6/h1-2,5,8,15H,3-4,14H2. The van der Waals surface area contributed by atoms with Crippen molar-refractivity contribution in [2.45, 2.75) is 18.6 Å². The molecule has 0 amide bonds. The van der Waals surface area contributed by atoms with E-state index in [1.165, 1.54) is 6.07 Å². The number of hydrogen-bond donors (Lipinski definition) is 2. The van der Waals surface area contributed by atoms with Crippen LogP contribution in [0.2, 0.25) is 0 Å². The quantitative estimate of drug-likeness (QED) is 0.865. The summed E-state index contributed by atoms with van der Waals surface area (Å²) in [5.41, 5.74) is -0.233. The maximum atomic E-state index is 12.5. The highest BCUT2D eigenvalue weighted by Gasteiger charge is 2.33. The van der Waals surface area contributed by atoms with Crippen molar-refractivity contribution in [2.24, 2.45) is 5.14 Å². The average molecular weight is 280 g/mol. The smallest absolute Gasteiger partial charge is 0.416 e. The van der Waals surface area contributed by atoms with Gasteiger partial charge in [0.1, 0.15) is 5.75 Å². The Kier molecular flexibility index (Phi) is 3.60. The summed E-state index contributed by atoms with van der Waals surface area (Å²) in [5, 5.41) is 5.12. The molecule has 1 aromatic carbocycles. The zero-order valence-corrected chi connectivity index (χ0v) is 9.98. The monoisotopic (exact) mass is 280 g/mol. The molecule has 0 aliphatic carbocycles. The first-order chi connectivity index (χ1) is 8.38. The van der Waals surface area contributed by atoms with Crippen LogP contribution in [0.3, 0.4) is 0 Å². The lowest BCUT2D eigenvalue weighted by Crippen LogP contribution is -2.32. The van der Waals surface area contributed by atoms with Gasteiger partial charge in [0.15, 0.2) is 11.2 Å². The van der Waals surface area contributed by atoms with E-state index in [1.54, 1.807) is 0 Å². The lowest BCUT2D eigenvalue weighted by atomic mass is 9.99.